The van der Waals surface area contributed by atoms with E-state index >= 15 is 0 Å². The van der Waals surface area contributed by atoms with Gasteiger partial charge in [0.1, 0.15) is 18.2 Å². The van der Waals surface area contributed by atoms with Gasteiger partial charge in [0, 0.05) is 11.6 Å². The van der Waals surface area contributed by atoms with E-state index in [1.165, 1.54) is 0 Å². The van der Waals surface area contributed by atoms with Crippen LogP contribution < -0.4 is 15.1 Å². The van der Waals surface area contributed by atoms with E-state index in [2.05, 4.69) is 29.4 Å². The summed E-state index contributed by atoms with van der Waals surface area (Å²) >= 11 is 0. The molecule has 0 saturated carbocycles. The predicted octanol–water partition coefficient (Wildman–Crippen LogP) is 3.14. The lowest BCUT2D eigenvalue weighted by molar-refractivity contribution is 0.0706. The number of anilines is 1. The molecule has 1 aliphatic heterocycles. The number of nitrogens with zero attached hydrogens (tertiary/aromatic N) is 3. The number of ether oxygens (including phenoxy) is 1. The Labute approximate surface area is 157 Å². The molecule has 0 fully saturated rings. The maximum absolute atomic E-state index is 11.8. The van der Waals surface area contributed by atoms with E-state index in [4.69, 9.17) is 14.9 Å². The summed E-state index contributed by atoms with van der Waals surface area (Å²) in [5.74, 6) is 1.15. The zero-order valence-corrected chi connectivity index (χ0v) is 15.3. The van der Waals surface area contributed by atoms with Gasteiger partial charge in [-0.15, -0.1) is 0 Å². The Morgan fingerprint density at radius 3 is 2.89 bits per heavy atom. The van der Waals surface area contributed by atoms with Crippen LogP contribution in [0.1, 0.15) is 36.1 Å². The van der Waals surface area contributed by atoms with Gasteiger partial charge in [-0.1, -0.05) is 12.1 Å². The number of imidazole rings is 1. The lowest BCUT2D eigenvalue weighted by atomic mass is 10.1. The monoisotopic (exact) mass is 366 g/mol. The molecule has 27 heavy (non-hydrogen) atoms. The molecule has 0 spiro atoms. The van der Waals surface area contributed by atoms with Crippen molar-refractivity contribution >= 4 is 22.6 Å². The first kappa shape index (κ1) is 17.4. The average Bonchev–Trinajstić information content (AvgIpc) is 3.05. The number of para-hydroxylation sites is 2. The molecule has 0 bridgehead atoms. The minimum atomic E-state index is -0.544. The number of benzene rings is 2. The van der Waals surface area contributed by atoms with Crippen molar-refractivity contribution in [3.63, 3.8) is 0 Å². The fourth-order valence-electron chi connectivity index (χ4n) is 3.60. The van der Waals surface area contributed by atoms with Crippen LogP contribution in [-0.2, 0) is 6.54 Å². The molecule has 2 N–H and O–H groups in total. The third-order valence-corrected chi connectivity index (χ3v) is 4.80. The van der Waals surface area contributed by atoms with Crippen LogP contribution in [0, 0.1) is 0 Å². The molecular weight excluding hydrogens is 344 g/mol. The minimum absolute atomic E-state index is 0.277. The van der Waals surface area contributed by atoms with Crippen LogP contribution in [0.25, 0.3) is 11.0 Å². The highest BCUT2D eigenvalue weighted by molar-refractivity contribution is 5.95. The number of fused-ring (bicyclic) bond motifs is 2. The van der Waals surface area contributed by atoms with Crippen molar-refractivity contribution in [2.45, 2.75) is 26.4 Å². The lowest BCUT2D eigenvalue weighted by Gasteiger charge is -2.31. The zero-order chi connectivity index (χ0) is 19.0. The highest BCUT2D eigenvalue weighted by Gasteiger charge is 2.23. The molecule has 0 aliphatic carbocycles. The second-order valence-corrected chi connectivity index (χ2v) is 6.87. The maximum atomic E-state index is 11.8. The van der Waals surface area contributed by atoms with Crippen molar-refractivity contribution in [2.24, 2.45) is 0 Å². The summed E-state index contributed by atoms with van der Waals surface area (Å²) in [7, 11) is 0. The Hall–Kier alpha value is -3.06. The number of nitrogens with one attached hydrogen (secondary N) is 1. The molecule has 7 heteroatoms. The van der Waals surface area contributed by atoms with Gasteiger partial charge in [0.25, 0.3) is 5.91 Å². The summed E-state index contributed by atoms with van der Waals surface area (Å²) in [4.78, 5) is 18.8. The highest BCUT2D eigenvalue weighted by atomic mass is 16.5. The van der Waals surface area contributed by atoms with Gasteiger partial charge in [0.15, 0.2) is 0 Å². The van der Waals surface area contributed by atoms with E-state index in [-0.39, 0.29) is 6.04 Å². The number of hydrogen-bond acceptors (Lipinski definition) is 5. The van der Waals surface area contributed by atoms with E-state index < -0.39 is 5.91 Å². The maximum Gasteiger partial charge on any atom is 0.274 e. The molecule has 1 aromatic heterocycles. The first-order valence-electron chi connectivity index (χ1n) is 9.00. The van der Waals surface area contributed by atoms with E-state index in [9.17, 15) is 4.79 Å². The fourth-order valence-corrected chi connectivity index (χ4v) is 3.60. The Morgan fingerprint density at radius 1 is 1.30 bits per heavy atom. The number of aromatic nitrogens is 2. The van der Waals surface area contributed by atoms with Crippen molar-refractivity contribution in [1.29, 1.82) is 0 Å². The Morgan fingerprint density at radius 2 is 2.11 bits per heavy atom. The van der Waals surface area contributed by atoms with Gasteiger partial charge in [0.2, 0.25) is 0 Å². The van der Waals surface area contributed by atoms with Crippen LogP contribution in [0.4, 0.5) is 5.69 Å². The largest absolute Gasteiger partial charge is 0.490 e. The summed E-state index contributed by atoms with van der Waals surface area (Å²) in [5, 5.41) is 8.91. The van der Waals surface area contributed by atoms with Gasteiger partial charge in [-0.2, -0.15) is 0 Å². The lowest BCUT2D eigenvalue weighted by Crippen LogP contribution is -2.33. The van der Waals surface area contributed by atoms with Gasteiger partial charge >= 0.3 is 0 Å². The van der Waals surface area contributed by atoms with E-state index in [1.54, 1.807) is 23.7 Å². The van der Waals surface area contributed by atoms with Gasteiger partial charge in [-0.05, 0) is 44.2 Å². The van der Waals surface area contributed by atoms with Gasteiger partial charge in [-0.3, -0.25) is 10.0 Å². The first-order valence-corrected chi connectivity index (χ1v) is 9.00. The molecule has 1 aliphatic rings. The number of rotatable bonds is 4. The van der Waals surface area contributed by atoms with Crippen LogP contribution in [0.15, 0.2) is 42.5 Å². The van der Waals surface area contributed by atoms with Crippen LogP contribution >= 0.6 is 0 Å². The van der Waals surface area contributed by atoms with Crippen LogP contribution in [0.3, 0.4) is 0 Å². The van der Waals surface area contributed by atoms with Crippen molar-refractivity contribution in [1.82, 2.24) is 15.0 Å². The van der Waals surface area contributed by atoms with E-state index in [0.717, 1.165) is 28.3 Å². The highest BCUT2D eigenvalue weighted by Crippen LogP contribution is 2.34. The summed E-state index contributed by atoms with van der Waals surface area (Å²) in [6, 6.07) is 13.5. The number of carbonyl (C=O) groups is 1. The first-order chi connectivity index (χ1) is 13.1. The van der Waals surface area contributed by atoms with Crippen LogP contribution in [0.2, 0.25) is 0 Å². The van der Waals surface area contributed by atoms with Gasteiger partial charge < -0.3 is 14.2 Å². The Kier molecular flexibility index (Phi) is 4.45. The molecule has 2 heterocycles. The standard InChI is InChI=1S/C20H22N4O3/c1-13(2)24-16-6-4-3-5-15(16)21-19(24)12-23-9-10-27-18-8-7-14(11-17(18)23)20(25)22-26/h3-8,11,13,26H,9-10,12H2,1-2H3,(H,22,25). The molecule has 0 unspecified atom stereocenters. The van der Waals surface area contributed by atoms with E-state index in [1.807, 2.05) is 18.2 Å². The molecule has 2 aromatic carbocycles. The van der Waals surface area contributed by atoms with Gasteiger partial charge in [-0.25, -0.2) is 10.5 Å². The SMILES string of the molecule is CC(C)n1c(CN2CCOc3ccc(C(=O)NO)cc32)nc2ccccc21. The second kappa shape index (κ2) is 6.92. The molecule has 1 amide bonds. The smallest absolute Gasteiger partial charge is 0.274 e. The molecule has 4 rings (SSSR count). The molecule has 0 atom stereocenters. The number of hydroxylamine groups is 1. The van der Waals surface area contributed by atoms with Crippen molar-refractivity contribution in [2.75, 3.05) is 18.1 Å². The molecule has 0 saturated heterocycles. The molecule has 7 nitrogen and oxygen atoms in total. The van der Waals surface area contributed by atoms with Crippen LogP contribution in [0.5, 0.6) is 5.75 Å². The van der Waals surface area contributed by atoms with Crippen molar-refractivity contribution in [3.8, 4) is 5.75 Å². The molecular formula is C20H22N4O3. The minimum Gasteiger partial charge on any atom is -0.490 e. The quantitative estimate of drug-likeness (QED) is 0.548. The molecule has 0 radical (unpaired) electrons. The van der Waals surface area contributed by atoms with E-state index in [0.29, 0.717) is 25.3 Å². The molecule has 140 valence electrons. The topological polar surface area (TPSA) is 79.6 Å². The second-order valence-electron chi connectivity index (χ2n) is 6.87. The van der Waals surface area contributed by atoms with Crippen molar-refractivity contribution < 1.29 is 14.7 Å². The average molecular weight is 366 g/mol. The Bertz CT molecular complexity index is 996. The fraction of sp³-hybridized carbons (Fsp3) is 0.300. The van der Waals surface area contributed by atoms with Crippen LogP contribution in [-0.4, -0.2) is 33.8 Å². The predicted molar refractivity (Wildman–Crippen MR) is 102 cm³/mol. The third kappa shape index (κ3) is 3.10. The number of hydrogen-bond donors (Lipinski definition) is 2. The summed E-state index contributed by atoms with van der Waals surface area (Å²) in [6.07, 6.45) is 0. The normalized spacial score (nSPS) is 13.6. The summed E-state index contributed by atoms with van der Waals surface area (Å²) < 4.78 is 7.98. The van der Waals surface area contributed by atoms with Gasteiger partial charge in [0.05, 0.1) is 29.8 Å². The number of carbonyl (C=O) groups excluding carboxylic acids is 1. The summed E-state index contributed by atoms with van der Waals surface area (Å²) in [5.41, 5.74) is 4.97. The zero-order valence-electron chi connectivity index (χ0n) is 15.3. The molecule has 3 aromatic rings. The van der Waals surface area contributed by atoms with Crippen molar-refractivity contribution in [3.05, 3.63) is 53.9 Å². The summed E-state index contributed by atoms with van der Waals surface area (Å²) in [6.45, 7) is 6.16. The number of amides is 1. The Balaban J connectivity index is 1.74. The third-order valence-electron chi connectivity index (χ3n) is 4.80.